The maximum absolute atomic E-state index is 12.5. The van der Waals surface area contributed by atoms with Gasteiger partial charge in [0.05, 0.1) is 11.3 Å². The number of ether oxygens (including phenoxy) is 1. The summed E-state index contributed by atoms with van der Waals surface area (Å²) in [5.74, 6) is -0.156. The summed E-state index contributed by atoms with van der Waals surface area (Å²) in [5.41, 5.74) is -0.254. The van der Waals surface area contributed by atoms with E-state index in [2.05, 4.69) is 15.3 Å². The fourth-order valence-corrected chi connectivity index (χ4v) is 3.61. The Morgan fingerprint density at radius 2 is 1.94 bits per heavy atom. The minimum absolute atomic E-state index is 0.0259. The van der Waals surface area contributed by atoms with E-state index in [0.29, 0.717) is 31.0 Å². The third-order valence-corrected chi connectivity index (χ3v) is 5.25. The number of esters is 1. The number of nitrogens with zero attached hydrogens (tertiary/aromatic N) is 4. The molecule has 0 atom stereocenters. The first-order chi connectivity index (χ1) is 16.4. The van der Waals surface area contributed by atoms with Gasteiger partial charge in [0.25, 0.3) is 11.2 Å². The molecule has 12 nitrogen and oxygen atoms in total. The van der Waals surface area contributed by atoms with E-state index in [0.717, 1.165) is 12.8 Å². The first-order valence-corrected chi connectivity index (χ1v) is 11.2. The maximum Gasteiger partial charge on any atom is 0.330 e. The van der Waals surface area contributed by atoms with E-state index in [1.54, 1.807) is 22.8 Å². The molecule has 0 fully saturated rings. The third-order valence-electron chi connectivity index (χ3n) is 5.25. The molecule has 0 aliphatic rings. The van der Waals surface area contributed by atoms with Crippen LogP contribution in [0, 0.1) is 10.1 Å². The van der Waals surface area contributed by atoms with Gasteiger partial charge in [-0.2, -0.15) is 0 Å². The number of carbonyl (C=O) groups excluding carboxylic acids is 1. The lowest BCUT2D eigenvalue weighted by Gasteiger charge is -2.09. The number of nitro groups is 1. The quantitative estimate of drug-likeness (QED) is 0.232. The predicted molar refractivity (Wildman–Crippen MR) is 126 cm³/mol. The summed E-state index contributed by atoms with van der Waals surface area (Å²) in [5, 5.41) is 14.0. The number of H-pyrrole nitrogens is 1. The predicted octanol–water partition coefficient (Wildman–Crippen LogP) is 2.55. The molecule has 1 aromatic carbocycles. The Kier molecular flexibility index (Phi) is 8.17. The van der Waals surface area contributed by atoms with Crippen molar-refractivity contribution in [3.05, 3.63) is 61.0 Å². The van der Waals surface area contributed by atoms with Crippen LogP contribution in [0.25, 0.3) is 11.2 Å². The molecule has 0 amide bonds. The highest BCUT2D eigenvalue weighted by atomic mass is 16.6. The highest BCUT2D eigenvalue weighted by Crippen LogP contribution is 2.23. The molecular formula is C22H28N6O6. The van der Waals surface area contributed by atoms with Crippen LogP contribution in [0.4, 0.5) is 11.4 Å². The number of hydrogen-bond donors (Lipinski definition) is 2. The van der Waals surface area contributed by atoms with E-state index in [4.69, 9.17) is 4.74 Å². The molecule has 0 aliphatic carbocycles. The Morgan fingerprint density at radius 3 is 2.65 bits per heavy atom. The highest BCUT2D eigenvalue weighted by Gasteiger charge is 2.19. The van der Waals surface area contributed by atoms with Gasteiger partial charge in [0.15, 0.2) is 11.2 Å². The van der Waals surface area contributed by atoms with Gasteiger partial charge in [0.2, 0.25) is 0 Å². The lowest BCUT2D eigenvalue weighted by Crippen LogP contribution is -2.31. The van der Waals surface area contributed by atoms with Crippen molar-refractivity contribution in [3.8, 4) is 0 Å². The second kappa shape index (κ2) is 11.3. The normalized spacial score (nSPS) is 11.0. The number of aryl methyl sites for hydroxylation is 2. The van der Waals surface area contributed by atoms with Crippen molar-refractivity contribution in [2.75, 3.05) is 11.9 Å². The third kappa shape index (κ3) is 5.50. The maximum atomic E-state index is 12.5. The molecule has 12 heteroatoms. The van der Waals surface area contributed by atoms with Crippen LogP contribution in [0.15, 0.2) is 33.9 Å². The summed E-state index contributed by atoms with van der Waals surface area (Å²) in [6.45, 7) is 4.81. The Hall–Kier alpha value is -3.96. The zero-order chi connectivity index (χ0) is 24.7. The van der Waals surface area contributed by atoms with Gasteiger partial charge in [-0.1, -0.05) is 32.4 Å². The standard InChI is InChI=1S/C22H28N6O6/c1-3-5-13-27-20-19(21(30)25-22(27)31)26(12-4-2)17(24-20)14-34-18(29)10-11-23-15-8-6-7-9-16(15)28(32)33/h6-9,23H,3-5,10-14H2,1-2H3,(H,25,30,31). The number of carbonyl (C=O) groups is 1. The van der Waals surface area contributed by atoms with Gasteiger partial charge < -0.3 is 14.6 Å². The van der Waals surface area contributed by atoms with E-state index in [1.165, 1.54) is 10.6 Å². The van der Waals surface area contributed by atoms with Gasteiger partial charge in [-0.15, -0.1) is 0 Å². The zero-order valence-corrected chi connectivity index (χ0v) is 19.2. The number of fused-ring (bicyclic) bond motifs is 1. The van der Waals surface area contributed by atoms with Gasteiger partial charge in [0, 0.05) is 25.7 Å². The fraction of sp³-hybridized carbons (Fsp3) is 0.455. The minimum Gasteiger partial charge on any atom is -0.457 e. The first-order valence-electron chi connectivity index (χ1n) is 11.2. The summed E-state index contributed by atoms with van der Waals surface area (Å²) in [4.78, 5) is 54.6. The number of benzene rings is 1. The SMILES string of the molecule is CCCCn1c(=O)[nH]c(=O)c2c1nc(COC(=O)CCNc1ccccc1[N+](=O)[O-])n2CCC. The van der Waals surface area contributed by atoms with E-state index >= 15 is 0 Å². The molecule has 0 bridgehead atoms. The molecule has 34 heavy (non-hydrogen) atoms. The van der Waals surface area contributed by atoms with Crippen LogP contribution in [0.5, 0.6) is 0 Å². The van der Waals surface area contributed by atoms with Crippen molar-refractivity contribution in [3.63, 3.8) is 0 Å². The number of para-hydroxylation sites is 2. The van der Waals surface area contributed by atoms with Crippen molar-refractivity contribution in [1.29, 1.82) is 0 Å². The summed E-state index contributed by atoms with van der Waals surface area (Å²) in [6, 6.07) is 6.16. The molecule has 2 heterocycles. The number of anilines is 1. The highest BCUT2D eigenvalue weighted by molar-refractivity contribution is 5.72. The van der Waals surface area contributed by atoms with E-state index in [1.807, 2.05) is 13.8 Å². The molecule has 2 aromatic heterocycles. The van der Waals surface area contributed by atoms with Crippen molar-refractivity contribution in [1.82, 2.24) is 19.1 Å². The molecule has 0 spiro atoms. The topological polar surface area (TPSA) is 154 Å². The number of aromatic amines is 1. The molecule has 182 valence electrons. The number of rotatable bonds is 12. The van der Waals surface area contributed by atoms with Gasteiger partial charge in [-0.25, -0.2) is 9.78 Å². The molecule has 3 aromatic rings. The molecule has 2 N–H and O–H groups in total. The smallest absolute Gasteiger partial charge is 0.330 e. The Balaban J connectivity index is 1.73. The van der Waals surface area contributed by atoms with Crippen LogP contribution in [0.1, 0.15) is 45.4 Å². The van der Waals surface area contributed by atoms with Crippen LogP contribution in [-0.4, -0.2) is 36.5 Å². The second-order valence-electron chi connectivity index (χ2n) is 7.73. The largest absolute Gasteiger partial charge is 0.457 e. The van der Waals surface area contributed by atoms with E-state index in [-0.39, 0.29) is 36.4 Å². The van der Waals surface area contributed by atoms with Gasteiger partial charge in [-0.05, 0) is 18.9 Å². The van der Waals surface area contributed by atoms with Gasteiger partial charge in [0.1, 0.15) is 18.1 Å². The molecule has 0 radical (unpaired) electrons. The lowest BCUT2D eigenvalue weighted by atomic mass is 10.2. The fourth-order valence-electron chi connectivity index (χ4n) is 3.61. The Labute approximate surface area is 194 Å². The molecule has 0 unspecified atom stereocenters. The van der Waals surface area contributed by atoms with Crippen LogP contribution in [0.3, 0.4) is 0 Å². The molecule has 0 saturated heterocycles. The number of hydrogen-bond acceptors (Lipinski definition) is 8. The minimum atomic E-state index is -0.529. The number of unbranched alkanes of at least 4 members (excludes halogenated alkanes) is 1. The molecule has 0 saturated carbocycles. The summed E-state index contributed by atoms with van der Waals surface area (Å²) in [7, 11) is 0. The zero-order valence-electron chi connectivity index (χ0n) is 19.2. The average Bonchev–Trinajstić information content (AvgIpc) is 3.16. The van der Waals surface area contributed by atoms with Gasteiger partial charge >= 0.3 is 11.7 Å². The van der Waals surface area contributed by atoms with Crippen molar-refractivity contribution in [2.45, 2.75) is 59.2 Å². The number of nitro benzene ring substituents is 1. The van der Waals surface area contributed by atoms with Crippen LogP contribution in [-0.2, 0) is 29.2 Å². The van der Waals surface area contributed by atoms with Crippen LogP contribution in [0.2, 0.25) is 0 Å². The number of aromatic nitrogens is 4. The monoisotopic (exact) mass is 472 g/mol. The van der Waals surface area contributed by atoms with E-state index < -0.39 is 22.1 Å². The van der Waals surface area contributed by atoms with Crippen molar-refractivity contribution in [2.24, 2.45) is 0 Å². The summed E-state index contributed by atoms with van der Waals surface area (Å²) in [6.07, 6.45) is 2.30. The number of nitrogens with one attached hydrogen (secondary N) is 2. The van der Waals surface area contributed by atoms with Crippen molar-refractivity contribution < 1.29 is 14.5 Å². The van der Waals surface area contributed by atoms with E-state index in [9.17, 15) is 24.5 Å². The molecule has 3 rings (SSSR count). The summed E-state index contributed by atoms with van der Waals surface area (Å²) < 4.78 is 8.47. The van der Waals surface area contributed by atoms with Crippen LogP contribution >= 0.6 is 0 Å². The Morgan fingerprint density at radius 1 is 1.18 bits per heavy atom. The van der Waals surface area contributed by atoms with Crippen molar-refractivity contribution >= 4 is 28.5 Å². The second-order valence-corrected chi connectivity index (χ2v) is 7.73. The summed E-state index contributed by atoms with van der Waals surface area (Å²) >= 11 is 0. The lowest BCUT2D eigenvalue weighted by molar-refractivity contribution is -0.384. The Bertz CT molecular complexity index is 1290. The average molecular weight is 473 g/mol. The molecular weight excluding hydrogens is 444 g/mol. The number of imidazole rings is 1. The van der Waals surface area contributed by atoms with Crippen LogP contribution < -0.4 is 16.6 Å². The van der Waals surface area contributed by atoms with Gasteiger partial charge in [-0.3, -0.25) is 29.3 Å². The molecule has 0 aliphatic heterocycles. The first kappa shape index (κ1) is 24.7.